The Labute approximate surface area is 163 Å². The SMILES string of the molecule is COc1ccc(OCCCSc2nnc(C3CC3)n2-c2ccccc2)cc1. The van der Waals surface area contributed by atoms with E-state index in [4.69, 9.17) is 9.47 Å². The number of nitrogens with zero attached hydrogens (tertiary/aromatic N) is 3. The summed E-state index contributed by atoms with van der Waals surface area (Å²) >= 11 is 1.74. The molecular formula is C21H23N3O2S. The normalized spacial score (nSPS) is 13.5. The molecule has 3 aromatic rings. The third-order valence-corrected chi connectivity index (χ3v) is 5.48. The topological polar surface area (TPSA) is 49.2 Å². The van der Waals surface area contributed by atoms with Crippen molar-refractivity contribution in [3.63, 3.8) is 0 Å². The van der Waals surface area contributed by atoms with E-state index in [9.17, 15) is 0 Å². The third-order valence-electron chi connectivity index (χ3n) is 4.46. The molecule has 0 amide bonds. The average molecular weight is 382 g/mol. The maximum absolute atomic E-state index is 5.80. The van der Waals surface area contributed by atoms with E-state index in [0.29, 0.717) is 12.5 Å². The highest BCUT2D eigenvalue weighted by Gasteiger charge is 2.30. The summed E-state index contributed by atoms with van der Waals surface area (Å²) in [7, 11) is 1.66. The number of thioether (sulfide) groups is 1. The number of para-hydroxylation sites is 1. The van der Waals surface area contributed by atoms with Gasteiger partial charge in [0.25, 0.3) is 0 Å². The summed E-state index contributed by atoms with van der Waals surface area (Å²) in [4.78, 5) is 0. The molecule has 1 aliphatic carbocycles. The summed E-state index contributed by atoms with van der Waals surface area (Å²) in [5.41, 5.74) is 1.14. The molecule has 4 rings (SSSR count). The van der Waals surface area contributed by atoms with Crippen molar-refractivity contribution in [2.45, 2.75) is 30.3 Å². The fourth-order valence-corrected chi connectivity index (χ4v) is 3.76. The molecule has 0 spiro atoms. The number of methoxy groups -OCH3 is 1. The van der Waals surface area contributed by atoms with Gasteiger partial charge in [-0.2, -0.15) is 0 Å². The van der Waals surface area contributed by atoms with Crippen molar-refractivity contribution in [1.82, 2.24) is 14.8 Å². The van der Waals surface area contributed by atoms with Gasteiger partial charge in [0.15, 0.2) is 5.16 Å². The minimum atomic E-state index is 0.561. The van der Waals surface area contributed by atoms with E-state index in [2.05, 4.69) is 39.0 Å². The van der Waals surface area contributed by atoms with Crippen LogP contribution >= 0.6 is 11.8 Å². The molecule has 0 radical (unpaired) electrons. The van der Waals surface area contributed by atoms with Gasteiger partial charge in [0.1, 0.15) is 17.3 Å². The van der Waals surface area contributed by atoms with Gasteiger partial charge >= 0.3 is 0 Å². The van der Waals surface area contributed by atoms with Crippen molar-refractivity contribution in [3.05, 3.63) is 60.4 Å². The van der Waals surface area contributed by atoms with E-state index in [1.54, 1.807) is 18.9 Å². The first-order valence-corrected chi connectivity index (χ1v) is 10.2. The zero-order chi connectivity index (χ0) is 18.5. The molecule has 0 aliphatic heterocycles. The number of hydrogen-bond acceptors (Lipinski definition) is 5. The minimum Gasteiger partial charge on any atom is -0.497 e. The summed E-state index contributed by atoms with van der Waals surface area (Å²) in [5.74, 6) is 4.30. The second-order valence-corrected chi connectivity index (χ2v) is 7.57. The second kappa shape index (κ2) is 8.48. The number of aromatic nitrogens is 3. The van der Waals surface area contributed by atoms with E-state index in [1.807, 2.05) is 30.3 Å². The Hall–Kier alpha value is -2.47. The zero-order valence-corrected chi connectivity index (χ0v) is 16.2. The molecular weight excluding hydrogens is 358 g/mol. The van der Waals surface area contributed by atoms with Crippen LogP contribution in [0, 0.1) is 0 Å². The molecule has 1 fully saturated rings. The Kier molecular flexibility index (Phi) is 5.63. The second-order valence-electron chi connectivity index (χ2n) is 6.51. The van der Waals surface area contributed by atoms with Crippen LogP contribution in [0.1, 0.15) is 31.0 Å². The van der Waals surface area contributed by atoms with Crippen LogP contribution in [0.25, 0.3) is 5.69 Å². The highest BCUT2D eigenvalue weighted by atomic mass is 32.2. The van der Waals surface area contributed by atoms with Crippen LogP contribution in [0.2, 0.25) is 0 Å². The fourth-order valence-electron chi connectivity index (χ4n) is 2.88. The number of ether oxygens (including phenoxy) is 2. The Bertz CT molecular complexity index is 861. The van der Waals surface area contributed by atoms with Crippen molar-refractivity contribution in [1.29, 1.82) is 0 Å². The minimum absolute atomic E-state index is 0.561. The highest BCUT2D eigenvalue weighted by molar-refractivity contribution is 7.99. The molecule has 0 N–H and O–H groups in total. The molecule has 140 valence electrons. The lowest BCUT2D eigenvalue weighted by molar-refractivity contribution is 0.318. The lowest BCUT2D eigenvalue weighted by Crippen LogP contribution is -2.03. The van der Waals surface area contributed by atoms with Gasteiger partial charge in [-0.1, -0.05) is 30.0 Å². The van der Waals surface area contributed by atoms with Crippen molar-refractivity contribution in [2.24, 2.45) is 0 Å². The van der Waals surface area contributed by atoms with Gasteiger partial charge in [0, 0.05) is 17.4 Å². The van der Waals surface area contributed by atoms with Crippen molar-refractivity contribution >= 4 is 11.8 Å². The average Bonchev–Trinajstić information content (AvgIpc) is 3.48. The van der Waals surface area contributed by atoms with E-state index < -0.39 is 0 Å². The molecule has 1 aromatic heterocycles. The summed E-state index contributed by atoms with van der Waals surface area (Å²) in [5, 5.41) is 9.88. The Morgan fingerprint density at radius 1 is 1.00 bits per heavy atom. The van der Waals surface area contributed by atoms with Crippen LogP contribution in [0.3, 0.4) is 0 Å². The molecule has 0 saturated heterocycles. The first-order chi connectivity index (χ1) is 13.3. The first kappa shape index (κ1) is 17.9. The van der Waals surface area contributed by atoms with Crippen LogP contribution in [0.5, 0.6) is 11.5 Å². The molecule has 5 nitrogen and oxygen atoms in total. The van der Waals surface area contributed by atoms with Crippen LogP contribution in [0.4, 0.5) is 0 Å². The van der Waals surface area contributed by atoms with Gasteiger partial charge in [-0.15, -0.1) is 10.2 Å². The summed E-state index contributed by atoms with van der Waals surface area (Å²) in [6, 6.07) is 18.1. The lowest BCUT2D eigenvalue weighted by atomic mass is 10.3. The van der Waals surface area contributed by atoms with E-state index in [1.165, 1.54) is 12.8 Å². The van der Waals surface area contributed by atoms with E-state index in [0.717, 1.165) is 40.3 Å². The van der Waals surface area contributed by atoms with Crippen molar-refractivity contribution in [3.8, 4) is 17.2 Å². The first-order valence-electron chi connectivity index (χ1n) is 9.25. The summed E-state index contributed by atoms with van der Waals surface area (Å²) in [6.45, 7) is 0.675. The standard InChI is InChI=1S/C21H23N3O2S/c1-25-18-10-12-19(13-11-18)26-14-5-15-27-21-23-22-20(16-8-9-16)24(21)17-6-3-2-4-7-17/h2-4,6-7,10-13,16H,5,8-9,14-15H2,1H3. The maximum Gasteiger partial charge on any atom is 0.195 e. The van der Waals surface area contributed by atoms with Crippen LogP contribution in [-0.2, 0) is 0 Å². The number of hydrogen-bond donors (Lipinski definition) is 0. The van der Waals surface area contributed by atoms with Crippen LogP contribution < -0.4 is 9.47 Å². The molecule has 27 heavy (non-hydrogen) atoms. The number of benzene rings is 2. The zero-order valence-electron chi connectivity index (χ0n) is 15.4. The van der Waals surface area contributed by atoms with Crippen LogP contribution in [-0.4, -0.2) is 34.2 Å². The molecule has 1 aliphatic rings. The Morgan fingerprint density at radius 2 is 1.74 bits per heavy atom. The van der Waals surface area contributed by atoms with Gasteiger partial charge in [-0.3, -0.25) is 4.57 Å². The summed E-state index contributed by atoms with van der Waals surface area (Å²) in [6.07, 6.45) is 3.37. The molecule has 6 heteroatoms. The fraction of sp³-hybridized carbons (Fsp3) is 0.333. The molecule has 0 bridgehead atoms. The Balaban J connectivity index is 1.33. The van der Waals surface area contributed by atoms with E-state index >= 15 is 0 Å². The monoisotopic (exact) mass is 381 g/mol. The Morgan fingerprint density at radius 3 is 2.44 bits per heavy atom. The molecule has 1 heterocycles. The maximum atomic E-state index is 5.80. The van der Waals surface area contributed by atoms with Gasteiger partial charge < -0.3 is 9.47 Å². The molecule has 0 unspecified atom stereocenters. The highest BCUT2D eigenvalue weighted by Crippen LogP contribution is 2.41. The quantitative estimate of drug-likeness (QED) is 0.397. The predicted molar refractivity (Wildman–Crippen MR) is 107 cm³/mol. The van der Waals surface area contributed by atoms with Gasteiger partial charge in [-0.05, 0) is 55.7 Å². The van der Waals surface area contributed by atoms with Gasteiger partial charge in [0.2, 0.25) is 0 Å². The smallest absolute Gasteiger partial charge is 0.195 e. The van der Waals surface area contributed by atoms with Crippen molar-refractivity contribution in [2.75, 3.05) is 19.5 Å². The molecule has 0 atom stereocenters. The van der Waals surface area contributed by atoms with Gasteiger partial charge in [0.05, 0.1) is 13.7 Å². The van der Waals surface area contributed by atoms with Gasteiger partial charge in [-0.25, -0.2) is 0 Å². The largest absolute Gasteiger partial charge is 0.497 e. The molecule has 1 saturated carbocycles. The third kappa shape index (κ3) is 4.45. The molecule has 2 aromatic carbocycles. The van der Waals surface area contributed by atoms with Crippen molar-refractivity contribution < 1.29 is 9.47 Å². The van der Waals surface area contributed by atoms with Crippen LogP contribution in [0.15, 0.2) is 59.8 Å². The number of rotatable bonds is 9. The van der Waals surface area contributed by atoms with E-state index in [-0.39, 0.29) is 0 Å². The summed E-state index contributed by atoms with van der Waals surface area (Å²) < 4.78 is 13.2. The lowest BCUT2D eigenvalue weighted by Gasteiger charge is -2.10. The predicted octanol–water partition coefficient (Wildman–Crippen LogP) is 4.71.